The van der Waals surface area contributed by atoms with E-state index in [1.165, 1.54) is 6.33 Å². The molecule has 0 fully saturated rings. The monoisotopic (exact) mass is 288 g/mol. The Morgan fingerprint density at radius 1 is 1.33 bits per heavy atom. The van der Waals surface area contributed by atoms with E-state index in [1.807, 2.05) is 6.20 Å². The van der Waals surface area contributed by atoms with Gasteiger partial charge >= 0.3 is 0 Å². The van der Waals surface area contributed by atoms with E-state index >= 15 is 0 Å². The lowest BCUT2D eigenvalue weighted by atomic mass is 9.98. The molecule has 2 rings (SSSR count). The third-order valence-corrected chi connectivity index (χ3v) is 3.19. The Hall–Kier alpha value is -0.750. The van der Waals surface area contributed by atoms with Crippen molar-refractivity contribution in [2.24, 2.45) is 0 Å². The summed E-state index contributed by atoms with van der Waals surface area (Å²) < 4.78 is 1.73. The van der Waals surface area contributed by atoms with Crippen molar-refractivity contribution in [3.63, 3.8) is 0 Å². The molecule has 2 heterocycles. The van der Waals surface area contributed by atoms with E-state index in [1.54, 1.807) is 22.3 Å². The molecule has 0 amide bonds. The lowest BCUT2D eigenvalue weighted by Gasteiger charge is -2.13. The molecule has 0 aliphatic heterocycles. The van der Waals surface area contributed by atoms with Crippen LogP contribution in [0.25, 0.3) is 5.00 Å². The van der Waals surface area contributed by atoms with Crippen molar-refractivity contribution in [3.8, 4) is 5.00 Å². The van der Waals surface area contributed by atoms with Crippen LogP contribution >= 0.6 is 28.3 Å². The number of nitrogens with zero attached hydrogens (tertiary/aromatic N) is 4. The number of halogens is 1. The highest BCUT2D eigenvalue weighted by Gasteiger charge is 2.18. The summed E-state index contributed by atoms with van der Waals surface area (Å²) in [5, 5.41) is 6.18. The van der Waals surface area contributed by atoms with Crippen LogP contribution in [0.1, 0.15) is 25.8 Å². The zero-order valence-electron chi connectivity index (χ0n) is 8.84. The van der Waals surface area contributed by atoms with Crippen LogP contribution in [-0.2, 0) is 5.41 Å². The average molecular weight is 289 g/mol. The first-order valence-corrected chi connectivity index (χ1v) is 5.20. The van der Waals surface area contributed by atoms with Gasteiger partial charge in [0.1, 0.15) is 22.7 Å². The second kappa shape index (κ2) is 4.40. The lowest BCUT2D eigenvalue weighted by molar-refractivity contribution is 0.585. The van der Waals surface area contributed by atoms with E-state index in [4.69, 9.17) is 0 Å². The summed E-state index contributed by atoms with van der Waals surface area (Å²) in [6.45, 7) is 6.45. The van der Waals surface area contributed by atoms with E-state index in [2.05, 4.69) is 35.8 Å². The standard InChI is InChI=1S/C9H12N4S.BrH/c1-9(2,3)8-11-4-7(14-8)13-6-10-5-12-13;/h4-6H,1-3H3;1H. The quantitative estimate of drug-likeness (QED) is 0.810. The van der Waals surface area contributed by atoms with E-state index in [0.717, 1.165) is 10.0 Å². The lowest BCUT2D eigenvalue weighted by Crippen LogP contribution is -2.09. The summed E-state index contributed by atoms with van der Waals surface area (Å²) in [5.41, 5.74) is 0.101. The maximum absolute atomic E-state index is 4.37. The van der Waals surface area contributed by atoms with Gasteiger partial charge in [-0.25, -0.2) is 14.6 Å². The minimum atomic E-state index is 0. The van der Waals surface area contributed by atoms with Gasteiger partial charge in [-0.1, -0.05) is 32.1 Å². The summed E-state index contributed by atoms with van der Waals surface area (Å²) in [5.74, 6) is 0. The first-order valence-electron chi connectivity index (χ1n) is 4.39. The van der Waals surface area contributed by atoms with Gasteiger partial charge in [0.2, 0.25) is 0 Å². The van der Waals surface area contributed by atoms with Gasteiger partial charge in [-0.3, -0.25) is 0 Å². The second-order valence-electron chi connectivity index (χ2n) is 4.09. The van der Waals surface area contributed by atoms with Crippen LogP contribution in [0.2, 0.25) is 0 Å². The minimum Gasteiger partial charge on any atom is -0.247 e. The molecule has 0 radical (unpaired) electrons. The van der Waals surface area contributed by atoms with E-state index in [0.29, 0.717) is 0 Å². The fourth-order valence-corrected chi connectivity index (χ4v) is 1.94. The molecule has 0 spiro atoms. The van der Waals surface area contributed by atoms with E-state index in [9.17, 15) is 0 Å². The molecular weight excluding hydrogens is 276 g/mol. The van der Waals surface area contributed by atoms with Crippen LogP contribution in [-0.4, -0.2) is 19.7 Å². The smallest absolute Gasteiger partial charge is 0.139 e. The molecular formula is C9H13BrN4S. The first kappa shape index (κ1) is 12.3. The van der Waals surface area contributed by atoms with Crippen LogP contribution in [0.3, 0.4) is 0 Å². The van der Waals surface area contributed by atoms with Gasteiger partial charge < -0.3 is 0 Å². The van der Waals surface area contributed by atoms with E-state index in [-0.39, 0.29) is 22.4 Å². The van der Waals surface area contributed by atoms with Gasteiger partial charge in [0.25, 0.3) is 0 Å². The van der Waals surface area contributed by atoms with Crippen molar-refractivity contribution in [1.82, 2.24) is 19.7 Å². The third kappa shape index (κ3) is 2.63. The minimum absolute atomic E-state index is 0. The van der Waals surface area contributed by atoms with Crippen molar-refractivity contribution in [3.05, 3.63) is 23.9 Å². The van der Waals surface area contributed by atoms with Crippen molar-refractivity contribution in [1.29, 1.82) is 0 Å². The zero-order valence-corrected chi connectivity index (χ0v) is 11.4. The molecule has 6 heteroatoms. The summed E-state index contributed by atoms with van der Waals surface area (Å²) in [6, 6.07) is 0. The normalized spacial score (nSPS) is 11.1. The second-order valence-corrected chi connectivity index (χ2v) is 5.10. The predicted octanol–water partition coefficient (Wildman–Crippen LogP) is 2.60. The molecule has 0 aliphatic carbocycles. The topological polar surface area (TPSA) is 43.6 Å². The largest absolute Gasteiger partial charge is 0.247 e. The molecule has 0 N–H and O–H groups in total. The Morgan fingerprint density at radius 3 is 2.53 bits per heavy atom. The van der Waals surface area contributed by atoms with Crippen molar-refractivity contribution in [2.75, 3.05) is 0 Å². The Kier molecular flexibility index (Phi) is 3.62. The highest BCUT2D eigenvalue weighted by molar-refractivity contribution is 8.93. The number of hydrogen-bond donors (Lipinski definition) is 0. The zero-order chi connectivity index (χ0) is 10.2. The number of hydrogen-bond acceptors (Lipinski definition) is 4. The average Bonchev–Trinajstić information content (AvgIpc) is 2.73. The summed E-state index contributed by atoms with van der Waals surface area (Å²) in [7, 11) is 0. The van der Waals surface area contributed by atoms with Crippen molar-refractivity contribution in [2.45, 2.75) is 26.2 Å². The number of aromatic nitrogens is 4. The molecule has 82 valence electrons. The molecule has 0 atom stereocenters. The molecule has 2 aromatic heterocycles. The van der Waals surface area contributed by atoms with Gasteiger partial charge in [-0.2, -0.15) is 5.10 Å². The van der Waals surface area contributed by atoms with Crippen molar-refractivity contribution >= 4 is 28.3 Å². The maximum Gasteiger partial charge on any atom is 0.139 e. The fraction of sp³-hybridized carbons (Fsp3) is 0.444. The Bertz CT molecular complexity index is 416. The van der Waals surface area contributed by atoms with Crippen LogP contribution in [0.4, 0.5) is 0 Å². The summed E-state index contributed by atoms with van der Waals surface area (Å²) in [6.07, 6.45) is 5.04. The molecule has 15 heavy (non-hydrogen) atoms. The number of thiazole rings is 1. The maximum atomic E-state index is 4.37. The van der Waals surface area contributed by atoms with Gasteiger partial charge in [-0.15, -0.1) is 17.0 Å². The van der Waals surface area contributed by atoms with Gasteiger partial charge in [0.05, 0.1) is 6.20 Å². The molecule has 2 aromatic rings. The Morgan fingerprint density at radius 2 is 2.07 bits per heavy atom. The molecule has 0 bridgehead atoms. The molecule has 0 aromatic carbocycles. The molecule has 0 unspecified atom stereocenters. The van der Waals surface area contributed by atoms with Crippen LogP contribution in [0.15, 0.2) is 18.9 Å². The molecule has 0 saturated carbocycles. The Balaban J connectivity index is 0.00000112. The third-order valence-electron chi connectivity index (χ3n) is 1.78. The van der Waals surface area contributed by atoms with Crippen LogP contribution < -0.4 is 0 Å². The Labute approximate surface area is 103 Å². The predicted molar refractivity (Wildman–Crippen MR) is 66.1 cm³/mol. The molecule has 0 saturated heterocycles. The summed E-state index contributed by atoms with van der Waals surface area (Å²) in [4.78, 5) is 8.27. The molecule has 4 nitrogen and oxygen atoms in total. The fourth-order valence-electron chi connectivity index (χ4n) is 1.04. The highest BCUT2D eigenvalue weighted by Crippen LogP contribution is 2.27. The van der Waals surface area contributed by atoms with Crippen LogP contribution in [0, 0.1) is 0 Å². The molecule has 0 aliphatic rings. The van der Waals surface area contributed by atoms with Gasteiger partial charge in [0.15, 0.2) is 0 Å². The SMILES string of the molecule is Br.CC(C)(C)c1ncc(-n2cncn2)s1. The highest BCUT2D eigenvalue weighted by atomic mass is 79.9. The van der Waals surface area contributed by atoms with E-state index < -0.39 is 0 Å². The van der Waals surface area contributed by atoms with Gasteiger partial charge in [-0.05, 0) is 0 Å². The first-order chi connectivity index (χ1) is 6.57. The summed E-state index contributed by atoms with van der Waals surface area (Å²) >= 11 is 1.65. The number of rotatable bonds is 1. The van der Waals surface area contributed by atoms with Crippen LogP contribution in [0.5, 0.6) is 0 Å². The van der Waals surface area contributed by atoms with Crippen molar-refractivity contribution < 1.29 is 0 Å². The van der Waals surface area contributed by atoms with Gasteiger partial charge in [0, 0.05) is 5.41 Å².